The zero-order valence-corrected chi connectivity index (χ0v) is 15.7. The molecule has 1 aliphatic carbocycles. The fourth-order valence-electron chi connectivity index (χ4n) is 4.87. The van der Waals surface area contributed by atoms with E-state index in [1.165, 1.54) is 6.07 Å². The van der Waals surface area contributed by atoms with E-state index in [0.29, 0.717) is 6.54 Å². The van der Waals surface area contributed by atoms with Crippen LogP contribution in [0.4, 0.5) is 13.2 Å². The summed E-state index contributed by atoms with van der Waals surface area (Å²) in [5.74, 6) is -1.22. The molecule has 7 heteroatoms. The van der Waals surface area contributed by atoms with Crippen molar-refractivity contribution in [1.82, 2.24) is 4.90 Å². The summed E-state index contributed by atoms with van der Waals surface area (Å²) in [6.07, 6.45) is -1.68. The third kappa shape index (κ3) is 4.28. The number of ether oxygens (including phenoxy) is 1. The van der Waals surface area contributed by atoms with Crippen molar-refractivity contribution in [1.29, 1.82) is 0 Å². The molecule has 1 aromatic rings. The Morgan fingerprint density at radius 2 is 1.93 bits per heavy atom. The van der Waals surface area contributed by atoms with Crippen LogP contribution in [0.15, 0.2) is 24.3 Å². The summed E-state index contributed by atoms with van der Waals surface area (Å²) < 4.78 is 43.3. The molecule has 4 nitrogen and oxygen atoms in total. The molecule has 148 valence electrons. The van der Waals surface area contributed by atoms with Gasteiger partial charge in [-0.25, -0.2) is 4.79 Å². The average molecular weight is 383 g/mol. The fraction of sp³-hybridized carbons (Fsp3) is 0.600. The summed E-state index contributed by atoms with van der Waals surface area (Å²) in [6.45, 7) is 6.73. The Morgan fingerprint density at radius 1 is 1.22 bits per heavy atom. The van der Waals surface area contributed by atoms with Crippen molar-refractivity contribution in [2.75, 3.05) is 13.2 Å². The summed E-state index contributed by atoms with van der Waals surface area (Å²) in [4.78, 5) is 26.4. The first-order chi connectivity index (χ1) is 12.4. The van der Waals surface area contributed by atoms with E-state index >= 15 is 0 Å². The molecule has 0 unspecified atom stereocenters. The molecule has 2 bridgehead atoms. The second-order valence-electron chi connectivity index (χ2n) is 8.89. The van der Waals surface area contributed by atoms with E-state index in [1.807, 2.05) is 0 Å². The highest BCUT2D eigenvalue weighted by Gasteiger charge is 2.50. The molecule has 1 saturated heterocycles. The number of alkyl halides is 3. The number of likely N-dealkylation sites (tertiary alicyclic amines) is 1. The number of carbonyl (C=O) groups excluding carboxylic acids is 2. The van der Waals surface area contributed by atoms with Gasteiger partial charge >= 0.3 is 12.1 Å². The molecule has 1 aromatic carbocycles. The number of hydrogen-bond acceptors (Lipinski definition) is 3. The van der Waals surface area contributed by atoms with Crippen molar-refractivity contribution in [3.8, 4) is 0 Å². The maximum Gasteiger partial charge on any atom is 0.416 e. The van der Waals surface area contributed by atoms with Gasteiger partial charge < -0.3 is 9.64 Å². The van der Waals surface area contributed by atoms with Crippen LogP contribution in [0.5, 0.6) is 0 Å². The molecule has 0 N–H and O–H groups in total. The minimum atomic E-state index is -4.54. The van der Waals surface area contributed by atoms with Gasteiger partial charge in [0, 0.05) is 12.6 Å². The number of carbonyl (C=O) groups is 2. The van der Waals surface area contributed by atoms with Crippen LogP contribution in [0, 0.1) is 10.8 Å². The molecule has 2 atom stereocenters. The Labute approximate surface area is 156 Å². The maximum atomic E-state index is 12.8. The van der Waals surface area contributed by atoms with Gasteiger partial charge in [0.1, 0.15) is 0 Å². The van der Waals surface area contributed by atoms with Gasteiger partial charge in [0.05, 0.1) is 11.1 Å². The van der Waals surface area contributed by atoms with Crippen LogP contribution in [0.1, 0.15) is 56.0 Å². The number of fused-ring (bicyclic) bond motifs is 2. The molecule has 2 fully saturated rings. The van der Waals surface area contributed by atoms with Crippen LogP contribution < -0.4 is 0 Å². The molecule has 1 aliphatic heterocycles. The highest BCUT2D eigenvalue weighted by atomic mass is 19.4. The van der Waals surface area contributed by atoms with E-state index in [4.69, 9.17) is 4.74 Å². The maximum absolute atomic E-state index is 12.8. The monoisotopic (exact) mass is 383 g/mol. The summed E-state index contributed by atoms with van der Waals surface area (Å²) in [5.41, 5.74) is -0.924. The topological polar surface area (TPSA) is 46.6 Å². The molecule has 1 saturated carbocycles. The predicted octanol–water partition coefficient (Wildman–Crippen LogP) is 4.29. The normalized spacial score (nSPS) is 26.7. The first-order valence-corrected chi connectivity index (χ1v) is 9.03. The van der Waals surface area contributed by atoms with Crippen LogP contribution in [0.3, 0.4) is 0 Å². The van der Waals surface area contributed by atoms with Gasteiger partial charge in [-0.15, -0.1) is 0 Å². The molecule has 3 rings (SSSR count). The summed E-state index contributed by atoms with van der Waals surface area (Å²) in [7, 11) is 0. The molecule has 0 radical (unpaired) electrons. The van der Waals surface area contributed by atoms with Gasteiger partial charge in [0.2, 0.25) is 0 Å². The summed E-state index contributed by atoms with van der Waals surface area (Å²) in [5, 5.41) is 0. The van der Waals surface area contributed by atoms with Crippen molar-refractivity contribution < 1.29 is 27.5 Å². The first-order valence-electron chi connectivity index (χ1n) is 9.03. The van der Waals surface area contributed by atoms with E-state index in [0.717, 1.165) is 37.5 Å². The van der Waals surface area contributed by atoms with Crippen LogP contribution in [0.2, 0.25) is 0 Å². The zero-order chi connectivity index (χ0) is 20.0. The lowest BCUT2D eigenvalue weighted by atomic mass is 9.65. The van der Waals surface area contributed by atoms with Gasteiger partial charge in [-0.2, -0.15) is 13.2 Å². The van der Waals surface area contributed by atoms with Gasteiger partial charge in [0.25, 0.3) is 5.91 Å². The van der Waals surface area contributed by atoms with E-state index in [9.17, 15) is 22.8 Å². The molecule has 0 spiro atoms. The fourth-order valence-corrected chi connectivity index (χ4v) is 4.87. The van der Waals surface area contributed by atoms with Crippen molar-refractivity contribution in [2.24, 2.45) is 10.8 Å². The summed E-state index contributed by atoms with van der Waals surface area (Å²) >= 11 is 0. The Kier molecular flexibility index (Phi) is 4.77. The van der Waals surface area contributed by atoms with Crippen molar-refractivity contribution in [2.45, 2.75) is 52.3 Å². The van der Waals surface area contributed by atoms with Crippen LogP contribution >= 0.6 is 0 Å². The minimum Gasteiger partial charge on any atom is -0.452 e. The van der Waals surface area contributed by atoms with Gasteiger partial charge in [-0.3, -0.25) is 4.79 Å². The minimum absolute atomic E-state index is 0.0626. The molecular weight excluding hydrogens is 359 g/mol. The molecule has 1 amide bonds. The molecule has 27 heavy (non-hydrogen) atoms. The number of esters is 1. The Balaban J connectivity index is 1.62. The standard InChI is InChI=1S/C20H24F3NO3/c1-18(2)8-15-9-19(3,11-18)12-24(15)16(25)10-27-17(26)13-5-4-6-14(7-13)20(21,22)23/h4-7,15H,8-12H2,1-3H3/t15-,19+/m1/s1. The van der Waals surface area contributed by atoms with Crippen LogP contribution in [-0.4, -0.2) is 36.0 Å². The second-order valence-corrected chi connectivity index (χ2v) is 8.89. The number of halogens is 3. The van der Waals surface area contributed by atoms with E-state index in [1.54, 1.807) is 4.90 Å². The average Bonchev–Trinajstić information content (AvgIpc) is 2.80. The van der Waals surface area contributed by atoms with E-state index in [-0.39, 0.29) is 28.3 Å². The number of benzene rings is 1. The number of hydrogen-bond donors (Lipinski definition) is 0. The molecular formula is C20H24F3NO3. The predicted molar refractivity (Wildman–Crippen MR) is 93.0 cm³/mol. The number of nitrogens with zero attached hydrogens (tertiary/aromatic N) is 1. The highest BCUT2D eigenvalue weighted by Crippen LogP contribution is 2.52. The quantitative estimate of drug-likeness (QED) is 0.732. The second kappa shape index (κ2) is 6.53. The third-order valence-electron chi connectivity index (χ3n) is 5.49. The third-order valence-corrected chi connectivity index (χ3v) is 5.49. The van der Waals surface area contributed by atoms with E-state index < -0.39 is 24.3 Å². The van der Waals surface area contributed by atoms with Crippen molar-refractivity contribution in [3.63, 3.8) is 0 Å². The lowest BCUT2D eigenvalue weighted by molar-refractivity contribution is -0.138. The lowest BCUT2D eigenvalue weighted by Crippen LogP contribution is -2.39. The molecule has 2 aliphatic rings. The van der Waals surface area contributed by atoms with Crippen LogP contribution in [0.25, 0.3) is 0 Å². The molecule has 0 aromatic heterocycles. The Hall–Kier alpha value is -2.05. The zero-order valence-electron chi connectivity index (χ0n) is 15.7. The molecule has 1 heterocycles. The van der Waals surface area contributed by atoms with Crippen molar-refractivity contribution >= 4 is 11.9 Å². The first kappa shape index (κ1) is 19.7. The van der Waals surface area contributed by atoms with E-state index in [2.05, 4.69) is 20.8 Å². The van der Waals surface area contributed by atoms with Crippen LogP contribution in [-0.2, 0) is 15.7 Å². The smallest absolute Gasteiger partial charge is 0.416 e. The largest absolute Gasteiger partial charge is 0.452 e. The van der Waals surface area contributed by atoms with Crippen molar-refractivity contribution in [3.05, 3.63) is 35.4 Å². The number of amides is 1. The Morgan fingerprint density at radius 3 is 2.59 bits per heavy atom. The number of rotatable bonds is 3. The Bertz CT molecular complexity index is 759. The van der Waals surface area contributed by atoms with Gasteiger partial charge in [0.15, 0.2) is 6.61 Å². The highest BCUT2D eigenvalue weighted by molar-refractivity contribution is 5.91. The summed E-state index contributed by atoms with van der Waals surface area (Å²) in [6, 6.07) is 4.13. The van der Waals surface area contributed by atoms with Gasteiger partial charge in [-0.05, 0) is 48.3 Å². The lowest BCUT2D eigenvalue weighted by Gasteiger charge is -2.39. The SMILES string of the molecule is CC1(C)C[C@@H]2C[C@](C)(CN2C(=O)COC(=O)c2cccc(C(F)(F)F)c2)C1. The van der Waals surface area contributed by atoms with Gasteiger partial charge in [-0.1, -0.05) is 26.8 Å².